The van der Waals surface area contributed by atoms with Gasteiger partial charge >= 0.3 is 0 Å². The molecule has 3 nitrogen and oxygen atoms in total. The zero-order chi connectivity index (χ0) is 13.7. The fraction of sp³-hybridized carbons (Fsp3) is 0.267. The molecule has 0 aliphatic rings. The molecule has 0 fully saturated rings. The van der Waals surface area contributed by atoms with E-state index >= 15 is 0 Å². The van der Waals surface area contributed by atoms with Crippen LogP contribution in [0.25, 0.3) is 0 Å². The molecule has 0 bridgehead atoms. The number of nitrogens with zero attached hydrogens (tertiary/aromatic N) is 1. The number of hydrogen-bond acceptors (Lipinski definition) is 3. The second-order valence-corrected chi connectivity index (χ2v) is 4.42. The Morgan fingerprint density at radius 3 is 2.74 bits per heavy atom. The monoisotopic (exact) mass is 259 g/mol. The molecular weight excluding hydrogens is 241 g/mol. The molecule has 2 N–H and O–H groups in total. The summed E-state index contributed by atoms with van der Waals surface area (Å²) in [5, 5.41) is 6.36. The first-order chi connectivity index (χ1) is 9.19. The maximum atomic E-state index is 13.2. The van der Waals surface area contributed by atoms with Crippen LogP contribution in [0.5, 0.6) is 0 Å². The van der Waals surface area contributed by atoms with E-state index in [2.05, 4.69) is 22.5 Å². The van der Waals surface area contributed by atoms with Crippen LogP contribution in [0.15, 0.2) is 36.4 Å². The lowest BCUT2D eigenvalue weighted by atomic mass is 10.2. The fourth-order valence-electron chi connectivity index (χ4n) is 1.72. The molecule has 0 unspecified atom stereocenters. The van der Waals surface area contributed by atoms with Crippen molar-refractivity contribution in [1.29, 1.82) is 0 Å². The van der Waals surface area contributed by atoms with Gasteiger partial charge in [0.2, 0.25) is 0 Å². The van der Waals surface area contributed by atoms with Crippen molar-refractivity contribution >= 4 is 17.3 Å². The first-order valence-electron chi connectivity index (χ1n) is 6.43. The maximum Gasteiger partial charge on any atom is 0.132 e. The number of aromatic nitrogens is 1. The van der Waals surface area contributed by atoms with E-state index in [0.717, 1.165) is 30.0 Å². The summed E-state index contributed by atoms with van der Waals surface area (Å²) in [7, 11) is 0. The van der Waals surface area contributed by atoms with E-state index < -0.39 is 0 Å². The van der Waals surface area contributed by atoms with Crippen molar-refractivity contribution in [2.45, 2.75) is 20.3 Å². The smallest absolute Gasteiger partial charge is 0.132 e. The van der Waals surface area contributed by atoms with Gasteiger partial charge in [0.1, 0.15) is 17.5 Å². The number of nitrogens with one attached hydrogen (secondary N) is 2. The Balaban J connectivity index is 2.16. The lowest BCUT2D eigenvalue weighted by Gasteiger charge is -2.10. The number of halogens is 1. The van der Waals surface area contributed by atoms with Crippen LogP contribution >= 0.6 is 0 Å². The Hall–Kier alpha value is -2.10. The van der Waals surface area contributed by atoms with Gasteiger partial charge in [-0.3, -0.25) is 0 Å². The summed E-state index contributed by atoms with van der Waals surface area (Å²) in [4.78, 5) is 4.43. The van der Waals surface area contributed by atoms with E-state index in [1.807, 2.05) is 25.1 Å². The highest BCUT2D eigenvalue weighted by Crippen LogP contribution is 2.21. The molecule has 2 rings (SSSR count). The molecule has 100 valence electrons. The van der Waals surface area contributed by atoms with Gasteiger partial charge in [-0.1, -0.05) is 19.1 Å². The van der Waals surface area contributed by atoms with Crippen molar-refractivity contribution in [3.63, 3.8) is 0 Å². The van der Waals surface area contributed by atoms with Gasteiger partial charge in [0.05, 0.1) is 0 Å². The predicted octanol–water partition coefficient (Wildman–Crippen LogP) is 4.09. The quantitative estimate of drug-likeness (QED) is 0.849. The molecule has 4 heteroatoms. The van der Waals surface area contributed by atoms with Crippen molar-refractivity contribution < 1.29 is 4.39 Å². The summed E-state index contributed by atoms with van der Waals surface area (Å²) in [6.07, 6.45) is 1.04. The van der Waals surface area contributed by atoms with Crippen LogP contribution in [0.4, 0.5) is 21.7 Å². The Kier molecular flexibility index (Phi) is 4.34. The Morgan fingerprint density at radius 2 is 1.95 bits per heavy atom. The third-order valence-corrected chi connectivity index (χ3v) is 2.77. The number of benzene rings is 1. The zero-order valence-corrected chi connectivity index (χ0v) is 11.2. The Bertz CT molecular complexity index is 555. The molecule has 0 saturated heterocycles. The molecule has 2 aromatic rings. The van der Waals surface area contributed by atoms with Crippen LogP contribution in [-0.4, -0.2) is 11.5 Å². The van der Waals surface area contributed by atoms with E-state index in [-0.39, 0.29) is 5.82 Å². The molecular formula is C15H18FN3. The van der Waals surface area contributed by atoms with Crippen LogP contribution in [0.3, 0.4) is 0 Å². The van der Waals surface area contributed by atoms with Gasteiger partial charge in [-0.25, -0.2) is 9.37 Å². The molecule has 1 heterocycles. The van der Waals surface area contributed by atoms with Gasteiger partial charge in [0, 0.05) is 12.2 Å². The number of anilines is 3. The predicted molar refractivity (Wildman–Crippen MR) is 77.4 cm³/mol. The van der Waals surface area contributed by atoms with Crippen LogP contribution in [0.2, 0.25) is 0 Å². The zero-order valence-electron chi connectivity index (χ0n) is 11.2. The molecule has 0 radical (unpaired) electrons. The lowest BCUT2D eigenvalue weighted by Crippen LogP contribution is -2.03. The van der Waals surface area contributed by atoms with Crippen molar-refractivity contribution in [1.82, 2.24) is 4.98 Å². The molecule has 0 aliphatic heterocycles. The largest absolute Gasteiger partial charge is 0.370 e. The molecule has 0 amide bonds. The number of hydrogen-bond donors (Lipinski definition) is 2. The number of rotatable bonds is 5. The summed E-state index contributed by atoms with van der Waals surface area (Å²) in [5.41, 5.74) is 1.72. The summed E-state index contributed by atoms with van der Waals surface area (Å²) < 4.78 is 13.2. The van der Waals surface area contributed by atoms with Crippen LogP contribution < -0.4 is 10.6 Å². The van der Waals surface area contributed by atoms with Gasteiger partial charge in [0.25, 0.3) is 0 Å². The molecule has 0 spiro atoms. The minimum absolute atomic E-state index is 0.256. The minimum atomic E-state index is -0.256. The second kappa shape index (κ2) is 6.18. The van der Waals surface area contributed by atoms with Gasteiger partial charge in [0.15, 0.2) is 0 Å². The van der Waals surface area contributed by atoms with E-state index in [1.165, 1.54) is 12.1 Å². The van der Waals surface area contributed by atoms with Crippen molar-refractivity contribution in [2.75, 3.05) is 17.2 Å². The Labute approximate surface area is 112 Å². The Morgan fingerprint density at radius 1 is 1.16 bits per heavy atom. The third kappa shape index (κ3) is 3.68. The standard InChI is InChI=1S/C15H18FN3/c1-3-9-17-14-5-4-6-15(19-14)18-13-10-12(16)8-7-11(13)2/h4-8,10H,3,9H2,1-2H3,(H2,17,18,19). The lowest BCUT2D eigenvalue weighted by molar-refractivity contribution is 0.628. The topological polar surface area (TPSA) is 37.0 Å². The molecule has 0 aliphatic carbocycles. The van der Waals surface area contributed by atoms with Crippen molar-refractivity contribution in [3.8, 4) is 0 Å². The SMILES string of the molecule is CCCNc1cccc(Nc2cc(F)ccc2C)n1. The molecule has 0 saturated carbocycles. The van der Waals surface area contributed by atoms with Gasteiger partial charge in [-0.05, 0) is 43.2 Å². The number of aryl methyl sites for hydroxylation is 1. The summed E-state index contributed by atoms with van der Waals surface area (Å²) in [6, 6.07) is 10.4. The van der Waals surface area contributed by atoms with Gasteiger partial charge < -0.3 is 10.6 Å². The van der Waals surface area contributed by atoms with Crippen LogP contribution in [-0.2, 0) is 0 Å². The molecule has 19 heavy (non-hydrogen) atoms. The average molecular weight is 259 g/mol. The highest BCUT2D eigenvalue weighted by molar-refractivity contribution is 5.61. The molecule has 1 aromatic heterocycles. The van der Waals surface area contributed by atoms with Gasteiger partial charge in [-0.2, -0.15) is 0 Å². The normalized spacial score (nSPS) is 10.3. The maximum absolute atomic E-state index is 13.2. The van der Waals surface area contributed by atoms with E-state index in [9.17, 15) is 4.39 Å². The first-order valence-corrected chi connectivity index (χ1v) is 6.43. The van der Waals surface area contributed by atoms with Crippen LogP contribution in [0, 0.1) is 12.7 Å². The van der Waals surface area contributed by atoms with Crippen molar-refractivity contribution in [2.24, 2.45) is 0 Å². The van der Waals surface area contributed by atoms with E-state index in [0.29, 0.717) is 5.82 Å². The van der Waals surface area contributed by atoms with E-state index in [4.69, 9.17) is 0 Å². The summed E-state index contributed by atoms with van der Waals surface area (Å²) >= 11 is 0. The average Bonchev–Trinajstić information content (AvgIpc) is 2.41. The highest BCUT2D eigenvalue weighted by atomic mass is 19.1. The first kappa shape index (κ1) is 13.3. The highest BCUT2D eigenvalue weighted by Gasteiger charge is 2.02. The number of pyridine rings is 1. The van der Waals surface area contributed by atoms with Gasteiger partial charge in [-0.15, -0.1) is 0 Å². The van der Waals surface area contributed by atoms with Crippen LogP contribution in [0.1, 0.15) is 18.9 Å². The fourth-order valence-corrected chi connectivity index (χ4v) is 1.72. The summed E-state index contributed by atoms with van der Waals surface area (Å²) in [6.45, 7) is 4.92. The molecule has 0 atom stereocenters. The summed E-state index contributed by atoms with van der Waals surface area (Å²) in [5.74, 6) is 1.27. The third-order valence-electron chi connectivity index (χ3n) is 2.77. The molecule has 1 aromatic carbocycles. The second-order valence-electron chi connectivity index (χ2n) is 4.42. The van der Waals surface area contributed by atoms with Crippen molar-refractivity contribution in [3.05, 3.63) is 47.8 Å². The van der Waals surface area contributed by atoms with E-state index in [1.54, 1.807) is 6.07 Å². The minimum Gasteiger partial charge on any atom is -0.370 e.